The molecule has 1 saturated carbocycles. The van der Waals surface area contributed by atoms with E-state index in [2.05, 4.69) is 5.32 Å². The van der Waals surface area contributed by atoms with Crippen LogP contribution in [-0.4, -0.2) is 37.6 Å². The van der Waals surface area contributed by atoms with Crippen LogP contribution >= 0.6 is 11.6 Å². The average Bonchev–Trinajstić information content (AvgIpc) is 3.49. The van der Waals surface area contributed by atoms with Crippen LogP contribution in [0.2, 0.25) is 5.02 Å². The van der Waals surface area contributed by atoms with Gasteiger partial charge in [-0.3, -0.25) is 9.69 Å². The second kappa shape index (κ2) is 8.59. The molecule has 0 spiro atoms. The highest BCUT2D eigenvalue weighted by Gasteiger charge is 2.31. The van der Waals surface area contributed by atoms with Crippen LogP contribution in [0.3, 0.4) is 0 Å². The topological polar surface area (TPSA) is 50.8 Å². The molecule has 2 aromatic rings. The van der Waals surface area contributed by atoms with Gasteiger partial charge in [-0.2, -0.15) is 0 Å². The number of methoxy groups -OCH3 is 2. The van der Waals surface area contributed by atoms with Gasteiger partial charge in [0.05, 0.1) is 26.5 Å². The maximum absolute atomic E-state index is 14.1. The molecular weight excluding hydrogens is 371 g/mol. The van der Waals surface area contributed by atoms with Gasteiger partial charge in [-0.05, 0) is 37.1 Å². The summed E-state index contributed by atoms with van der Waals surface area (Å²) in [7, 11) is 3.09. The Hall–Kier alpha value is -2.31. The molecule has 1 aliphatic rings. The van der Waals surface area contributed by atoms with Crippen LogP contribution in [0.1, 0.15) is 18.4 Å². The molecule has 1 N–H and O–H groups in total. The van der Waals surface area contributed by atoms with Crippen LogP contribution in [0, 0.1) is 5.82 Å². The van der Waals surface area contributed by atoms with E-state index in [1.807, 2.05) is 4.90 Å². The van der Waals surface area contributed by atoms with Crippen LogP contribution < -0.4 is 14.8 Å². The fourth-order valence-electron chi connectivity index (χ4n) is 2.92. The number of rotatable bonds is 8. The van der Waals surface area contributed by atoms with Crippen molar-refractivity contribution in [3.8, 4) is 11.5 Å². The van der Waals surface area contributed by atoms with Gasteiger partial charge in [0.15, 0.2) is 0 Å². The average molecular weight is 393 g/mol. The molecule has 0 aliphatic heterocycles. The number of halogens is 2. The van der Waals surface area contributed by atoms with Crippen LogP contribution in [0.4, 0.5) is 10.1 Å². The van der Waals surface area contributed by atoms with Crippen molar-refractivity contribution in [2.45, 2.75) is 25.4 Å². The van der Waals surface area contributed by atoms with Crippen LogP contribution in [0.15, 0.2) is 36.4 Å². The molecule has 7 heteroatoms. The molecule has 0 aromatic heterocycles. The minimum Gasteiger partial charge on any atom is -0.497 e. The minimum absolute atomic E-state index is 0.143. The van der Waals surface area contributed by atoms with Crippen LogP contribution in [-0.2, 0) is 11.3 Å². The molecule has 1 amide bonds. The van der Waals surface area contributed by atoms with Gasteiger partial charge >= 0.3 is 0 Å². The predicted molar refractivity (Wildman–Crippen MR) is 103 cm³/mol. The van der Waals surface area contributed by atoms with Gasteiger partial charge in [0, 0.05) is 29.2 Å². The Balaban J connectivity index is 1.69. The molecule has 0 unspecified atom stereocenters. The first-order chi connectivity index (χ1) is 13.0. The summed E-state index contributed by atoms with van der Waals surface area (Å²) < 4.78 is 24.6. The van der Waals surface area contributed by atoms with Crippen molar-refractivity contribution >= 4 is 23.2 Å². The maximum Gasteiger partial charge on any atom is 0.238 e. The number of nitrogens with one attached hydrogen (secondary N) is 1. The molecule has 1 fully saturated rings. The second-order valence-corrected chi connectivity index (χ2v) is 6.86. The monoisotopic (exact) mass is 392 g/mol. The summed E-state index contributed by atoms with van der Waals surface area (Å²) in [4.78, 5) is 14.5. The fourth-order valence-corrected chi connectivity index (χ4v) is 3.14. The largest absolute Gasteiger partial charge is 0.497 e. The lowest BCUT2D eigenvalue weighted by Crippen LogP contribution is -2.35. The van der Waals surface area contributed by atoms with E-state index < -0.39 is 0 Å². The highest BCUT2D eigenvalue weighted by Crippen LogP contribution is 2.32. The predicted octanol–water partition coefficient (Wildman–Crippen LogP) is 4.10. The Labute approximate surface area is 163 Å². The zero-order valence-electron chi connectivity index (χ0n) is 15.3. The summed E-state index contributed by atoms with van der Waals surface area (Å²) in [6.45, 7) is 0.438. The van der Waals surface area contributed by atoms with E-state index in [-0.39, 0.29) is 24.3 Å². The molecular formula is C20H22ClFN2O3. The first kappa shape index (κ1) is 19.5. The number of benzene rings is 2. The lowest BCUT2D eigenvalue weighted by Gasteiger charge is -2.22. The molecule has 0 heterocycles. The van der Waals surface area contributed by atoms with Crippen molar-refractivity contribution in [2.24, 2.45) is 0 Å². The highest BCUT2D eigenvalue weighted by molar-refractivity contribution is 6.31. The number of carbonyl (C=O) groups excluding carboxylic acids is 1. The third kappa shape index (κ3) is 4.90. The molecule has 0 bridgehead atoms. The zero-order chi connectivity index (χ0) is 19.4. The molecule has 0 radical (unpaired) electrons. The fraction of sp³-hybridized carbons (Fsp3) is 0.350. The molecule has 27 heavy (non-hydrogen) atoms. The third-order valence-electron chi connectivity index (χ3n) is 4.52. The Bertz CT molecular complexity index is 807. The number of amides is 1. The van der Waals surface area contributed by atoms with E-state index in [0.717, 1.165) is 12.8 Å². The SMILES string of the molecule is COc1ccc(NC(=O)CN(Cc2c(F)cccc2Cl)C2CC2)c(OC)c1. The Morgan fingerprint density at radius 2 is 2.04 bits per heavy atom. The quantitative estimate of drug-likeness (QED) is 0.734. The number of carbonyl (C=O) groups is 1. The second-order valence-electron chi connectivity index (χ2n) is 6.45. The van der Waals surface area contributed by atoms with E-state index in [1.165, 1.54) is 13.2 Å². The summed E-state index contributed by atoms with van der Waals surface area (Å²) in [6.07, 6.45) is 1.98. The van der Waals surface area contributed by atoms with Crippen LogP contribution in [0.5, 0.6) is 11.5 Å². The first-order valence-corrected chi connectivity index (χ1v) is 9.08. The van der Waals surface area contributed by atoms with Crippen molar-refractivity contribution in [2.75, 3.05) is 26.1 Å². The normalized spacial score (nSPS) is 13.5. The molecule has 144 valence electrons. The highest BCUT2D eigenvalue weighted by atomic mass is 35.5. The summed E-state index contributed by atoms with van der Waals surface area (Å²) in [6, 6.07) is 10.1. The zero-order valence-corrected chi connectivity index (χ0v) is 16.1. The number of hydrogen-bond donors (Lipinski definition) is 1. The van der Waals surface area contributed by atoms with Gasteiger partial charge in [-0.1, -0.05) is 17.7 Å². The summed E-state index contributed by atoms with van der Waals surface area (Å²) >= 11 is 6.14. The van der Waals surface area contributed by atoms with Crippen molar-refractivity contribution in [1.82, 2.24) is 4.90 Å². The first-order valence-electron chi connectivity index (χ1n) is 8.70. The Morgan fingerprint density at radius 3 is 2.67 bits per heavy atom. The van der Waals surface area contributed by atoms with E-state index in [9.17, 15) is 9.18 Å². The van der Waals surface area contributed by atoms with E-state index >= 15 is 0 Å². The lowest BCUT2D eigenvalue weighted by molar-refractivity contribution is -0.117. The Kier molecular flexibility index (Phi) is 6.19. The number of hydrogen-bond acceptors (Lipinski definition) is 4. The van der Waals surface area contributed by atoms with E-state index in [1.54, 1.807) is 37.4 Å². The van der Waals surface area contributed by atoms with Crippen LogP contribution in [0.25, 0.3) is 0 Å². The lowest BCUT2D eigenvalue weighted by atomic mass is 10.2. The third-order valence-corrected chi connectivity index (χ3v) is 4.87. The molecule has 3 rings (SSSR count). The van der Waals surface area contributed by atoms with Crippen molar-refractivity contribution in [3.63, 3.8) is 0 Å². The summed E-state index contributed by atoms with van der Waals surface area (Å²) in [5.74, 6) is 0.597. The van der Waals surface area contributed by atoms with Gasteiger partial charge in [-0.15, -0.1) is 0 Å². The number of nitrogens with zero attached hydrogens (tertiary/aromatic N) is 1. The molecule has 5 nitrogen and oxygen atoms in total. The summed E-state index contributed by atoms with van der Waals surface area (Å²) in [5.41, 5.74) is 0.976. The number of anilines is 1. The van der Waals surface area contributed by atoms with E-state index in [4.69, 9.17) is 21.1 Å². The van der Waals surface area contributed by atoms with Gasteiger partial charge in [0.1, 0.15) is 17.3 Å². The molecule has 2 aromatic carbocycles. The summed E-state index contributed by atoms with van der Waals surface area (Å²) in [5, 5.41) is 3.23. The van der Waals surface area contributed by atoms with Gasteiger partial charge in [0.25, 0.3) is 0 Å². The maximum atomic E-state index is 14.1. The molecule has 1 aliphatic carbocycles. The number of ether oxygens (including phenoxy) is 2. The minimum atomic E-state index is -0.356. The van der Waals surface area contributed by atoms with Gasteiger partial charge in [-0.25, -0.2) is 4.39 Å². The standard InChI is InChI=1S/C20H22ClFN2O3/c1-26-14-8-9-18(19(10-14)27-2)23-20(25)12-24(13-6-7-13)11-15-16(21)4-3-5-17(15)22/h3-5,8-10,13H,6-7,11-12H2,1-2H3,(H,23,25). The van der Waals surface area contributed by atoms with E-state index in [0.29, 0.717) is 34.3 Å². The van der Waals surface area contributed by atoms with Crippen molar-refractivity contribution in [3.05, 3.63) is 52.8 Å². The molecule has 0 atom stereocenters. The van der Waals surface area contributed by atoms with Crippen molar-refractivity contribution in [1.29, 1.82) is 0 Å². The van der Waals surface area contributed by atoms with Crippen molar-refractivity contribution < 1.29 is 18.7 Å². The van der Waals surface area contributed by atoms with Gasteiger partial charge in [0.2, 0.25) is 5.91 Å². The smallest absolute Gasteiger partial charge is 0.238 e. The van der Waals surface area contributed by atoms with Gasteiger partial charge < -0.3 is 14.8 Å². The molecule has 0 saturated heterocycles. The Morgan fingerprint density at radius 1 is 1.26 bits per heavy atom.